The summed E-state index contributed by atoms with van der Waals surface area (Å²) in [5, 5.41) is 4.86. The van der Waals surface area contributed by atoms with Crippen LogP contribution in [0.3, 0.4) is 0 Å². The Bertz CT molecular complexity index is 1240. The van der Waals surface area contributed by atoms with Crippen molar-refractivity contribution in [2.75, 3.05) is 33.9 Å². The fourth-order valence-corrected chi connectivity index (χ4v) is 4.66. The van der Waals surface area contributed by atoms with Crippen LogP contribution in [0.4, 0.5) is 0 Å². The Morgan fingerprint density at radius 3 is 2.66 bits per heavy atom. The largest absolute Gasteiger partial charge is 0.493 e. The van der Waals surface area contributed by atoms with E-state index in [4.69, 9.17) is 26.4 Å². The average molecular weight is 496 g/mol. The molecule has 1 saturated heterocycles. The van der Waals surface area contributed by atoms with Gasteiger partial charge in [0.15, 0.2) is 16.6 Å². The van der Waals surface area contributed by atoms with Crippen molar-refractivity contribution in [3.05, 3.63) is 69.5 Å². The van der Waals surface area contributed by atoms with Gasteiger partial charge in [0, 0.05) is 36.7 Å². The summed E-state index contributed by atoms with van der Waals surface area (Å²) in [6.07, 6.45) is 3.12. The van der Waals surface area contributed by atoms with Gasteiger partial charge < -0.3 is 29.4 Å². The number of aromatic amines is 1. The Hall–Kier alpha value is -3.10. The Balaban J connectivity index is 1.57. The zero-order valence-electron chi connectivity index (χ0n) is 20.6. The predicted octanol–water partition coefficient (Wildman–Crippen LogP) is 3.95. The van der Waals surface area contributed by atoms with Gasteiger partial charge in [0.25, 0.3) is 5.56 Å². The molecule has 2 aromatic carbocycles. The predicted molar refractivity (Wildman–Crippen MR) is 143 cm³/mol. The SMILES string of the molecule is COc1cc2cc(CN(CCc3ccccc3C)C(=S)NC[C@H]3CCCO3)c(=O)[nH]c2cc1OC. The molecule has 4 rings (SSSR count). The number of rotatable bonds is 9. The van der Waals surface area contributed by atoms with Gasteiger partial charge in [-0.25, -0.2) is 0 Å². The first-order valence-corrected chi connectivity index (χ1v) is 12.4. The van der Waals surface area contributed by atoms with Crippen molar-refractivity contribution in [1.29, 1.82) is 0 Å². The highest BCUT2D eigenvalue weighted by Crippen LogP contribution is 2.31. The first-order chi connectivity index (χ1) is 17.0. The molecule has 0 radical (unpaired) electrons. The van der Waals surface area contributed by atoms with Crippen LogP contribution in [-0.4, -0.2) is 55.0 Å². The molecule has 0 unspecified atom stereocenters. The summed E-state index contributed by atoms with van der Waals surface area (Å²) in [6, 6.07) is 13.9. The van der Waals surface area contributed by atoms with Crippen LogP contribution in [0.15, 0.2) is 47.3 Å². The number of ether oxygens (including phenoxy) is 3. The molecule has 0 bridgehead atoms. The Morgan fingerprint density at radius 1 is 1.17 bits per heavy atom. The number of aryl methyl sites for hydroxylation is 1. The number of pyridine rings is 1. The van der Waals surface area contributed by atoms with E-state index in [1.807, 2.05) is 18.2 Å². The second-order valence-electron chi connectivity index (χ2n) is 8.84. The minimum absolute atomic E-state index is 0.146. The summed E-state index contributed by atoms with van der Waals surface area (Å²) < 4.78 is 16.6. The fourth-order valence-electron chi connectivity index (χ4n) is 4.42. The Morgan fingerprint density at radius 2 is 1.94 bits per heavy atom. The van der Waals surface area contributed by atoms with Gasteiger partial charge in [0.05, 0.1) is 32.4 Å². The highest BCUT2D eigenvalue weighted by atomic mass is 32.1. The van der Waals surface area contributed by atoms with E-state index in [0.717, 1.165) is 31.3 Å². The maximum absolute atomic E-state index is 13.0. The summed E-state index contributed by atoms with van der Waals surface area (Å²) in [5.74, 6) is 1.19. The summed E-state index contributed by atoms with van der Waals surface area (Å²) >= 11 is 5.78. The van der Waals surface area contributed by atoms with Gasteiger partial charge in [-0.3, -0.25) is 4.79 Å². The molecule has 3 aromatic rings. The molecule has 1 aliphatic heterocycles. The van der Waals surface area contributed by atoms with Crippen LogP contribution in [0, 0.1) is 6.92 Å². The number of benzene rings is 2. The van der Waals surface area contributed by atoms with Gasteiger partial charge in [0.1, 0.15) is 0 Å². The van der Waals surface area contributed by atoms with Crippen LogP contribution in [-0.2, 0) is 17.7 Å². The van der Waals surface area contributed by atoms with Crippen molar-refractivity contribution >= 4 is 28.2 Å². The second kappa shape index (κ2) is 11.6. The molecular formula is C27H33N3O4S. The summed E-state index contributed by atoms with van der Waals surface area (Å²) in [5.41, 5.74) is 3.70. The lowest BCUT2D eigenvalue weighted by atomic mass is 10.1. The maximum atomic E-state index is 13.0. The number of nitrogens with zero attached hydrogens (tertiary/aromatic N) is 1. The van der Waals surface area contributed by atoms with Crippen molar-refractivity contribution in [1.82, 2.24) is 15.2 Å². The standard InChI is InChI=1S/C27H33N3O4S/c1-18-7-4-5-8-19(18)10-11-30(27(35)28-16-22-9-6-12-34-22)17-21-13-20-14-24(32-2)25(33-3)15-23(20)29-26(21)31/h4-5,7-8,13-15,22H,6,9-12,16-17H2,1-3H3,(H,28,35)(H,29,31)/t22-/m1/s1. The number of methoxy groups -OCH3 is 2. The lowest BCUT2D eigenvalue weighted by molar-refractivity contribution is 0.113. The molecule has 8 heteroatoms. The van der Waals surface area contributed by atoms with Gasteiger partial charge in [-0.1, -0.05) is 24.3 Å². The topological polar surface area (TPSA) is 75.8 Å². The zero-order chi connectivity index (χ0) is 24.8. The van der Waals surface area contributed by atoms with Gasteiger partial charge in [-0.05, 0) is 61.7 Å². The van der Waals surface area contributed by atoms with E-state index in [2.05, 4.69) is 40.3 Å². The number of aromatic nitrogens is 1. The van der Waals surface area contributed by atoms with Crippen molar-refractivity contribution in [2.45, 2.75) is 38.8 Å². The molecule has 7 nitrogen and oxygen atoms in total. The van der Waals surface area contributed by atoms with E-state index in [0.29, 0.717) is 47.3 Å². The number of thiocarbonyl (C=S) groups is 1. The Kier molecular flexibility index (Phi) is 8.25. The zero-order valence-corrected chi connectivity index (χ0v) is 21.4. The smallest absolute Gasteiger partial charge is 0.253 e. The fraction of sp³-hybridized carbons (Fsp3) is 0.407. The number of nitrogens with one attached hydrogen (secondary N) is 2. The van der Waals surface area contributed by atoms with Crippen LogP contribution in [0.5, 0.6) is 11.5 Å². The van der Waals surface area contributed by atoms with Gasteiger partial charge in [-0.15, -0.1) is 0 Å². The normalized spacial score (nSPS) is 15.2. The molecule has 0 saturated carbocycles. The molecule has 1 aromatic heterocycles. The first-order valence-electron chi connectivity index (χ1n) is 11.9. The summed E-state index contributed by atoms with van der Waals surface area (Å²) in [6.45, 7) is 4.67. The van der Waals surface area contributed by atoms with Gasteiger partial charge >= 0.3 is 0 Å². The van der Waals surface area contributed by atoms with Crippen LogP contribution in [0.2, 0.25) is 0 Å². The van der Waals surface area contributed by atoms with Crippen LogP contribution < -0.4 is 20.3 Å². The van der Waals surface area contributed by atoms with Crippen molar-refractivity contribution in [3.8, 4) is 11.5 Å². The molecular weight excluding hydrogens is 462 g/mol. The number of hydrogen-bond donors (Lipinski definition) is 2. The number of H-pyrrole nitrogens is 1. The van der Waals surface area contributed by atoms with Gasteiger partial charge in [-0.2, -0.15) is 0 Å². The third kappa shape index (κ3) is 6.13. The average Bonchev–Trinajstić information content (AvgIpc) is 3.39. The van der Waals surface area contributed by atoms with Crippen LogP contribution in [0.25, 0.3) is 10.9 Å². The Labute approximate surface area is 211 Å². The molecule has 0 amide bonds. The molecule has 2 N–H and O–H groups in total. The highest BCUT2D eigenvalue weighted by Gasteiger charge is 2.19. The maximum Gasteiger partial charge on any atom is 0.253 e. The van der Waals surface area contributed by atoms with Crippen molar-refractivity contribution in [3.63, 3.8) is 0 Å². The van der Waals surface area contributed by atoms with Crippen LogP contribution >= 0.6 is 12.2 Å². The number of fused-ring (bicyclic) bond motifs is 1. The lowest BCUT2D eigenvalue weighted by Crippen LogP contribution is -2.43. The van der Waals surface area contributed by atoms with E-state index >= 15 is 0 Å². The van der Waals surface area contributed by atoms with E-state index in [1.165, 1.54) is 11.1 Å². The van der Waals surface area contributed by atoms with E-state index in [9.17, 15) is 4.79 Å². The molecule has 0 spiro atoms. The summed E-state index contributed by atoms with van der Waals surface area (Å²) in [7, 11) is 3.18. The summed E-state index contributed by atoms with van der Waals surface area (Å²) in [4.78, 5) is 18.1. The van der Waals surface area contributed by atoms with Gasteiger partial charge in [0.2, 0.25) is 0 Å². The lowest BCUT2D eigenvalue weighted by Gasteiger charge is -2.27. The number of hydrogen-bond acceptors (Lipinski definition) is 5. The first kappa shape index (κ1) is 25.0. The minimum Gasteiger partial charge on any atom is -0.493 e. The highest BCUT2D eigenvalue weighted by molar-refractivity contribution is 7.80. The van der Waals surface area contributed by atoms with Crippen molar-refractivity contribution < 1.29 is 14.2 Å². The third-order valence-electron chi connectivity index (χ3n) is 6.49. The molecule has 1 aliphatic rings. The molecule has 1 fully saturated rings. The van der Waals surface area contributed by atoms with E-state index < -0.39 is 0 Å². The molecule has 186 valence electrons. The molecule has 1 atom stereocenters. The van der Waals surface area contributed by atoms with E-state index in [-0.39, 0.29) is 11.7 Å². The third-order valence-corrected chi connectivity index (χ3v) is 6.89. The molecule has 2 heterocycles. The molecule has 35 heavy (non-hydrogen) atoms. The minimum atomic E-state index is -0.146. The van der Waals surface area contributed by atoms with E-state index in [1.54, 1.807) is 20.3 Å². The monoisotopic (exact) mass is 495 g/mol. The second-order valence-corrected chi connectivity index (χ2v) is 9.22. The van der Waals surface area contributed by atoms with Crippen LogP contribution in [0.1, 0.15) is 29.5 Å². The van der Waals surface area contributed by atoms with Crippen molar-refractivity contribution in [2.24, 2.45) is 0 Å². The molecule has 0 aliphatic carbocycles. The quantitative estimate of drug-likeness (QED) is 0.435.